The van der Waals surface area contributed by atoms with Gasteiger partial charge in [-0.3, -0.25) is 19.6 Å². The zero-order valence-corrected chi connectivity index (χ0v) is 14.1. The van der Waals surface area contributed by atoms with Gasteiger partial charge in [-0.2, -0.15) is 5.10 Å². The Bertz CT molecular complexity index is 901. The number of amides is 2. The average Bonchev–Trinajstić information content (AvgIpc) is 3.38. The molecule has 4 rings (SSSR count). The minimum Gasteiger partial charge on any atom is -0.354 e. The van der Waals surface area contributed by atoms with E-state index in [4.69, 9.17) is 0 Å². The van der Waals surface area contributed by atoms with Crippen molar-refractivity contribution in [2.45, 2.75) is 18.9 Å². The smallest absolute Gasteiger partial charge is 0.268 e. The topological polar surface area (TPSA) is 93.9 Å². The zero-order chi connectivity index (χ0) is 17.9. The van der Waals surface area contributed by atoms with Crippen molar-refractivity contribution >= 4 is 17.6 Å². The van der Waals surface area contributed by atoms with Gasteiger partial charge in [0.2, 0.25) is 0 Å². The van der Waals surface area contributed by atoms with Gasteiger partial charge in [0, 0.05) is 24.7 Å². The SMILES string of the molecule is O=C(NC1CCN(c2ccn[nH]2)C1=O)c1ccc(Cc2ccccc2)[nH]1. The molecule has 3 heterocycles. The van der Waals surface area contributed by atoms with Crippen molar-refractivity contribution < 1.29 is 9.59 Å². The number of carbonyl (C=O) groups is 2. The Hall–Kier alpha value is -3.35. The number of hydrogen-bond donors (Lipinski definition) is 3. The fourth-order valence-corrected chi connectivity index (χ4v) is 3.18. The van der Waals surface area contributed by atoms with Gasteiger partial charge < -0.3 is 10.3 Å². The van der Waals surface area contributed by atoms with Crippen LogP contribution in [0.3, 0.4) is 0 Å². The zero-order valence-electron chi connectivity index (χ0n) is 14.1. The molecule has 1 aromatic carbocycles. The van der Waals surface area contributed by atoms with Gasteiger partial charge >= 0.3 is 0 Å². The molecule has 1 atom stereocenters. The van der Waals surface area contributed by atoms with Crippen molar-refractivity contribution in [3.63, 3.8) is 0 Å². The number of carbonyl (C=O) groups excluding carboxylic acids is 2. The summed E-state index contributed by atoms with van der Waals surface area (Å²) in [6, 6.07) is 14.9. The number of nitrogens with one attached hydrogen (secondary N) is 3. The third kappa shape index (κ3) is 3.23. The van der Waals surface area contributed by atoms with Crippen LogP contribution in [0.1, 0.15) is 28.2 Å². The quantitative estimate of drug-likeness (QED) is 0.656. The molecular weight excluding hydrogens is 330 g/mol. The maximum atomic E-state index is 12.5. The van der Waals surface area contributed by atoms with Gasteiger partial charge in [0.05, 0.1) is 6.20 Å². The Labute approximate surface area is 150 Å². The van der Waals surface area contributed by atoms with Gasteiger partial charge in [-0.05, 0) is 24.1 Å². The van der Waals surface area contributed by atoms with Crippen LogP contribution in [0.2, 0.25) is 0 Å². The third-order valence-electron chi connectivity index (χ3n) is 4.52. The van der Waals surface area contributed by atoms with Crippen LogP contribution in [0.15, 0.2) is 54.7 Å². The first kappa shape index (κ1) is 16.1. The summed E-state index contributed by atoms with van der Waals surface area (Å²) in [5, 5.41) is 9.46. The first-order chi connectivity index (χ1) is 12.7. The van der Waals surface area contributed by atoms with E-state index < -0.39 is 6.04 Å². The Morgan fingerprint density at radius 3 is 2.81 bits per heavy atom. The lowest BCUT2D eigenvalue weighted by Gasteiger charge is -2.14. The largest absolute Gasteiger partial charge is 0.354 e. The standard InChI is InChI=1S/C19H19N5O2/c25-18(15-7-6-14(21-15)12-13-4-2-1-3-5-13)22-16-9-11-24(19(16)26)17-8-10-20-23-17/h1-8,10,16,21H,9,11-12H2,(H,20,23)(H,22,25). The summed E-state index contributed by atoms with van der Waals surface area (Å²) < 4.78 is 0. The summed E-state index contributed by atoms with van der Waals surface area (Å²) in [4.78, 5) is 29.7. The van der Waals surface area contributed by atoms with E-state index in [9.17, 15) is 9.59 Å². The number of H-pyrrole nitrogens is 2. The van der Waals surface area contributed by atoms with Crippen LogP contribution in [0.4, 0.5) is 5.82 Å². The second-order valence-electron chi connectivity index (χ2n) is 6.31. The third-order valence-corrected chi connectivity index (χ3v) is 4.52. The first-order valence-corrected chi connectivity index (χ1v) is 8.54. The van der Waals surface area contributed by atoms with E-state index in [-0.39, 0.29) is 11.8 Å². The number of hydrogen-bond acceptors (Lipinski definition) is 3. The summed E-state index contributed by atoms with van der Waals surface area (Å²) >= 11 is 0. The van der Waals surface area contributed by atoms with Crippen molar-refractivity contribution in [1.82, 2.24) is 20.5 Å². The number of aromatic nitrogens is 3. The molecule has 132 valence electrons. The Kier molecular flexibility index (Phi) is 4.27. The molecule has 0 radical (unpaired) electrons. The highest BCUT2D eigenvalue weighted by Crippen LogP contribution is 2.19. The Morgan fingerprint density at radius 2 is 2.04 bits per heavy atom. The van der Waals surface area contributed by atoms with Gasteiger partial charge in [-0.15, -0.1) is 0 Å². The van der Waals surface area contributed by atoms with Gasteiger partial charge in [0.25, 0.3) is 11.8 Å². The highest BCUT2D eigenvalue weighted by Gasteiger charge is 2.34. The van der Waals surface area contributed by atoms with E-state index in [1.165, 1.54) is 5.56 Å². The van der Waals surface area contributed by atoms with Crippen molar-refractivity contribution in [2.24, 2.45) is 0 Å². The Balaban J connectivity index is 1.39. The normalized spacial score (nSPS) is 16.8. The maximum absolute atomic E-state index is 12.5. The predicted molar refractivity (Wildman–Crippen MR) is 96.9 cm³/mol. The summed E-state index contributed by atoms with van der Waals surface area (Å²) in [6.45, 7) is 0.552. The second kappa shape index (κ2) is 6.87. The van der Waals surface area contributed by atoms with Crippen LogP contribution < -0.4 is 10.2 Å². The van der Waals surface area contributed by atoms with Crippen LogP contribution in [-0.4, -0.2) is 39.6 Å². The molecule has 3 aromatic rings. The fraction of sp³-hybridized carbons (Fsp3) is 0.211. The van der Waals surface area contributed by atoms with Crippen LogP contribution in [0, 0.1) is 0 Å². The molecule has 7 heteroatoms. The van der Waals surface area contributed by atoms with Gasteiger partial charge in [0.1, 0.15) is 17.6 Å². The van der Waals surface area contributed by atoms with E-state index in [0.29, 0.717) is 24.5 Å². The molecule has 0 aliphatic carbocycles. The van der Waals surface area contributed by atoms with Crippen molar-refractivity contribution in [1.29, 1.82) is 0 Å². The molecule has 1 unspecified atom stereocenters. The van der Waals surface area contributed by atoms with Crippen LogP contribution in [-0.2, 0) is 11.2 Å². The number of benzene rings is 1. The van der Waals surface area contributed by atoms with Gasteiger partial charge in [-0.25, -0.2) is 0 Å². The molecule has 1 fully saturated rings. The molecular formula is C19H19N5O2. The molecule has 1 aliphatic rings. The summed E-state index contributed by atoms with van der Waals surface area (Å²) in [7, 11) is 0. The minimum atomic E-state index is -0.522. The molecule has 0 saturated carbocycles. The highest BCUT2D eigenvalue weighted by atomic mass is 16.2. The van der Waals surface area contributed by atoms with E-state index in [2.05, 4.69) is 20.5 Å². The first-order valence-electron chi connectivity index (χ1n) is 8.54. The lowest BCUT2D eigenvalue weighted by Crippen LogP contribution is -2.41. The second-order valence-corrected chi connectivity index (χ2v) is 6.31. The lowest BCUT2D eigenvalue weighted by molar-refractivity contribution is -0.118. The molecule has 26 heavy (non-hydrogen) atoms. The van der Waals surface area contributed by atoms with Crippen molar-refractivity contribution in [3.05, 3.63) is 71.7 Å². The van der Waals surface area contributed by atoms with Gasteiger partial charge in [0.15, 0.2) is 0 Å². The molecule has 0 spiro atoms. The number of anilines is 1. The molecule has 2 amide bonds. The number of nitrogens with zero attached hydrogens (tertiary/aromatic N) is 2. The van der Waals surface area contributed by atoms with E-state index in [1.807, 2.05) is 36.4 Å². The number of rotatable bonds is 5. The van der Waals surface area contributed by atoms with E-state index >= 15 is 0 Å². The van der Waals surface area contributed by atoms with Crippen LogP contribution >= 0.6 is 0 Å². The summed E-state index contributed by atoms with van der Waals surface area (Å²) in [6.07, 6.45) is 2.90. The van der Waals surface area contributed by atoms with E-state index in [1.54, 1.807) is 23.2 Å². The molecule has 2 aromatic heterocycles. The predicted octanol–water partition coefficient (Wildman–Crippen LogP) is 1.86. The summed E-state index contributed by atoms with van der Waals surface area (Å²) in [5.41, 5.74) is 2.59. The van der Waals surface area contributed by atoms with Crippen molar-refractivity contribution in [3.8, 4) is 0 Å². The lowest BCUT2D eigenvalue weighted by atomic mass is 10.1. The molecule has 1 aliphatic heterocycles. The van der Waals surface area contributed by atoms with E-state index in [0.717, 1.165) is 12.1 Å². The number of aromatic amines is 2. The highest BCUT2D eigenvalue weighted by molar-refractivity contribution is 6.02. The molecule has 0 bridgehead atoms. The van der Waals surface area contributed by atoms with Crippen LogP contribution in [0.5, 0.6) is 0 Å². The molecule has 7 nitrogen and oxygen atoms in total. The Morgan fingerprint density at radius 1 is 1.19 bits per heavy atom. The molecule has 1 saturated heterocycles. The average molecular weight is 349 g/mol. The fourth-order valence-electron chi connectivity index (χ4n) is 3.18. The van der Waals surface area contributed by atoms with Gasteiger partial charge in [-0.1, -0.05) is 30.3 Å². The monoisotopic (exact) mass is 349 g/mol. The maximum Gasteiger partial charge on any atom is 0.268 e. The minimum absolute atomic E-state index is 0.126. The summed E-state index contributed by atoms with van der Waals surface area (Å²) in [5.74, 6) is 0.254. The molecule has 3 N–H and O–H groups in total. The van der Waals surface area contributed by atoms with Crippen molar-refractivity contribution in [2.75, 3.05) is 11.4 Å². The van der Waals surface area contributed by atoms with Crippen LogP contribution in [0.25, 0.3) is 0 Å².